The Morgan fingerprint density at radius 3 is 2.60 bits per heavy atom. The van der Waals surface area contributed by atoms with Crippen LogP contribution in [-0.2, 0) is 11.2 Å². The number of carbonyl (C=O) groups is 1. The van der Waals surface area contributed by atoms with Crippen LogP contribution in [0.4, 0.5) is 4.79 Å². The number of nitrogens with zero attached hydrogens (tertiary/aromatic N) is 2. The second kappa shape index (κ2) is 7.40. The van der Waals surface area contributed by atoms with Gasteiger partial charge in [-0.05, 0) is 66.9 Å². The molecule has 1 amide bonds. The lowest BCUT2D eigenvalue weighted by molar-refractivity contribution is -0.0461. The molecule has 3 saturated heterocycles. The van der Waals surface area contributed by atoms with Crippen LogP contribution < -0.4 is 0 Å². The summed E-state index contributed by atoms with van der Waals surface area (Å²) in [6.45, 7) is 3.91. The van der Waals surface area contributed by atoms with E-state index in [9.17, 15) is 4.79 Å². The summed E-state index contributed by atoms with van der Waals surface area (Å²) in [5.74, 6) is 0.527. The van der Waals surface area contributed by atoms with Crippen LogP contribution >= 0.6 is 11.3 Å². The fraction of sp³-hybridized carbons (Fsp3) is 0.400. The average molecular weight is 419 g/mol. The maximum Gasteiger partial charge on any atom is 0.410 e. The summed E-state index contributed by atoms with van der Waals surface area (Å²) in [4.78, 5) is 19.1. The van der Waals surface area contributed by atoms with E-state index >= 15 is 0 Å². The largest absolute Gasteiger partial charge is 0.444 e. The molecular weight excluding hydrogens is 392 g/mol. The van der Waals surface area contributed by atoms with Crippen LogP contribution in [0.25, 0.3) is 10.1 Å². The molecule has 0 unspecified atom stereocenters. The topological polar surface area (TPSA) is 32.8 Å². The van der Waals surface area contributed by atoms with E-state index in [1.807, 2.05) is 4.90 Å². The molecule has 0 N–H and O–H groups in total. The van der Waals surface area contributed by atoms with Crippen molar-refractivity contribution >= 4 is 27.5 Å². The third-order valence-electron chi connectivity index (χ3n) is 7.08. The van der Waals surface area contributed by atoms with Crippen molar-refractivity contribution in [1.82, 2.24) is 9.80 Å². The molecule has 1 aromatic heterocycles. The first kappa shape index (κ1) is 18.4. The van der Waals surface area contributed by atoms with Gasteiger partial charge in [0, 0.05) is 22.7 Å². The van der Waals surface area contributed by atoms with E-state index in [-0.39, 0.29) is 18.2 Å². The van der Waals surface area contributed by atoms with Gasteiger partial charge in [0.1, 0.15) is 6.10 Å². The Morgan fingerprint density at radius 1 is 1.00 bits per heavy atom. The lowest BCUT2D eigenvalue weighted by Crippen LogP contribution is -2.53. The highest BCUT2D eigenvalue weighted by Gasteiger charge is 2.40. The van der Waals surface area contributed by atoms with E-state index in [0.717, 1.165) is 38.9 Å². The highest BCUT2D eigenvalue weighted by atomic mass is 32.1. The van der Waals surface area contributed by atoms with Gasteiger partial charge in [-0.1, -0.05) is 42.5 Å². The number of piperidine rings is 3. The highest BCUT2D eigenvalue weighted by Crippen LogP contribution is 2.41. The minimum absolute atomic E-state index is 0.0419. The molecule has 5 heterocycles. The molecule has 2 aromatic carbocycles. The number of rotatable bonds is 2. The molecule has 3 fully saturated rings. The third kappa shape index (κ3) is 3.12. The van der Waals surface area contributed by atoms with Crippen LogP contribution in [0.5, 0.6) is 0 Å². The van der Waals surface area contributed by atoms with Crippen molar-refractivity contribution in [2.75, 3.05) is 26.2 Å². The van der Waals surface area contributed by atoms with Gasteiger partial charge in [0.2, 0.25) is 0 Å². The van der Waals surface area contributed by atoms with Crippen LogP contribution in [0.1, 0.15) is 34.9 Å². The number of benzene rings is 2. The zero-order valence-corrected chi connectivity index (χ0v) is 17.8. The van der Waals surface area contributed by atoms with Crippen LogP contribution in [0, 0.1) is 5.92 Å². The Labute approximate surface area is 181 Å². The minimum Gasteiger partial charge on any atom is -0.444 e. The van der Waals surface area contributed by atoms with Gasteiger partial charge in [0.25, 0.3) is 0 Å². The third-order valence-corrected chi connectivity index (χ3v) is 8.25. The molecule has 30 heavy (non-hydrogen) atoms. The van der Waals surface area contributed by atoms with Gasteiger partial charge in [-0.25, -0.2) is 4.79 Å². The fourth-order valence-corrected chi connectivity index (χ4v) is 6.65. The monoisotopic (exact) mass is 418 g/mol. The van der Waals surface area contributed by atoms with Crippen molar-refractivity contribution < 1.29 is 9.53 Å². The Kier molecular flexibility index (Phi) is 4.54. The summed E-state index contributed by atoms with van der Waals surface area (Å²) in [7, 11) is 0. The number of ether oxygens (including phenoxy) is 1. The number of hydrogen-bond acceptors (Lipinski definition) is 4. The van der Waals surface area contributed by atoms with Crippen molar-refractivity contribution in [3.05, 3.63) is 70.6 Å². The van der Waals surface area contributed by atoms with E-state index in [0.29, 0.717) is 12.5 Å². The highest BCUT2D eigenvalue weighted by molar-refractivity contribution is 7.19. The quantitative estimate of drug-likeness (QED) is 0.582. The molecular formula is C25H26N2O2S. The molecule has 5 heteroatoms. The lowest BCUT2D eigenvalue weighted by Gasteiger charge is -2.45. The minimum atomic E-state index is -0.147. The standard InChI is InChI=1S/C25H26N2O2S/c28-25(29-21-16-26-12-9-18(21)10-13-26)27-14-11-17-5-1-3-7-20(17)24(27)23-15-19-6-2-4-8-22(19)30-23/h1-8,15,18,21,24H,9-14,16H2/t21-,24+/m1/s1. The molecule has 0 spiro atoms. The van der Waals surface area contributed by atoms with Crippen LogP contribution in [-0.4, -0.2) is 48.2 Å². The Bertz CT molecular complexity index is 1050. The smallest absolute Gasteiger partial charge is 0.410 e. The second-order valence-corrected chi connectivity index (χ2v) is 9.91. The van der Waals surface area contributed by atoms with Crippen molar-refractivity contribution in [2.45, 2.75) is 31.4 Å². The maximum atomic E-state index is 13.4. The molecule has 154 valence electrons. The zero-order chi connectivity index (χ0) is 20.1. The molecule has 0 aliphatic carbocycles. The summed E-state index contributed by atoms with van der Waals surface area (Å²) >= 11 is 1.79. The van der Waals surface area contributed by atoms with Crippen LogP contribution in [0.15, 0.2) is 54.6 Å². The number of fused-ring (bicyclic) bond motifs is 5. The Morgan fingerprint density at radius 2 is 1.80 bits per heavy atom. The average Bonchev–Trinajstić information content (AvgIpc) is 3.23. The normalized spacial score (nSPS) is 27.8. The van der Waals surface area contributed by atoms with Gasteiger partial charge in [0.05, 0.1) is 6.04 Å². The predicted molar refractivity (Wildman–Crippen MR) is 120 cm³/mol. The van der Waals surface area contributed by atoms with E-state index in [1.54, 1.807) is 11.3 Å². The summed E-state index contributed by atoms with van der Waals surface area (Å²) in [6.07, 6.45) is 3.08. The van der Waals surface area contributed by atoms with Crippen molar-refractivity contribution in [3.63, 3.8) is 0 Å². The predicted octanol–water partition coefficient (Wildman–Crippen LogP) is 5.08. The SMILES string of the molecule is O=C(O[C@@H]1CN2CCC1CC2)N1CCc2ccccc2[C@H]1c1cc2ccccc2s1. The van der Waals surface area contributed by atoms with Gasteiger partial charge in [0.15, 0.2) is 0 Å². The zero-order valence-electron chi connectivity index (χ0n) is 17.0. The van der Waals surface area contributed by atoms with Crippen molar-refractivity contribution in [2.24, 2.45) is 5.92 Å². The molecule has 4 nitrogen and oxygen atoms in total. The van der Waals surface area contributed by atoms with E-state index in [4.69, 9.17) is 4.74 Å². The first-order valence-electron chi connectivity index (χ1n) is 11.0. The lowest BCUT2D eigenvalue weighted by atomic mass is 9.86. The molecule has 4 aliphatic rings. The molecule has 7 rings (SSSR count). The van der Waals surface area contributed by atoms with E-state index in [1.165, 1.54) is 26.1 Å². The Balaban J connectivity index is 1.34. The van der Waals surface area contributed by atoms with E-state index < -0.39 is 0 Å². The molecule has 4 aliphatic heterocycles. The van der Waals surface area contributed by atoms with Crippen molar-refractivity contribution in [3.8, 4) is 0 Å². The van der Waals surface area contributed by atoms with Gasteiger partial charge in [-0.2, -0.15) is 0 Å². The summed E-state index contributed by atoms with van der Waals surface area (Å²) < 4.78 is 7.42. The summed E-state index contributed by atoms with van der Waals surface area (Å²) in [5.41, 5.74) is 2.58. The maximum absolute atomic E-state index is 13.4. The van der Waals surface area contributed by atoms with Gasteiger partial charge in [-0.3, -0.25) is 9.80 Å². The number of thiophene rings is 1. The number of carbonyl (C=O) groups excluding carboxylic acids is 1. The molecule has 2 atom stereocenters. The van der Waals surface area contributed by atoms with E-state index in [2.05, 4.69) is 59.5 Å². The fourth-order valence-electron chi connectivity index (χ4n) is 5.45. The number of hydrogen-bond donors (Lipinski definition) is 0. The van der Waals surface area contributed by atoms with Crippen LogP contribution in [0.3, 0.4) is 0 Å². The first-order valence-corrected chi connectivity index (χ1v) is 11.8. The summed E-state index contributed by atoms with van der Waals surface area (Å²) in [5, 5.41) is 1.24. The van der Waals surface area contributed by atoms with Crippen LogP contribution in [0.2, 0.25) is 0 Å². The van der Waals surface area contributed by atoms with Gasteiger partial charge in [-0.15, -0.1) is 11.3 Å². The van der Waals surface area contributed by atoms with Gasteiger partial charge < -0.3 is 4.74 Å². The number of amides is 1. The molecule has 0 saturated carbocycles. The molecule has 0 radical (unpaired) electrons. The summed E-state index contributed by atoms with van der Waals surface area (Å²) in [6, 6.07) is 19.2. The molecule has 3 aromatic rings. The first-order chi connectivity index (χ1) is 14.8. The molecule has 2 bridgehead atoms. The van der Waals surface area contributed by atoms with Crippen molar-refractivity contribution in [1.29, 1.82) is 0 Å². The Hall–Kier alpha value is -2.37. The second-order valence-electron chi connectivity index (χ2n) is 8.79. The van der Waals surface area contributed by atoms with Gasteiger partial charge >= 0.3 is 6.09 Å².